The van der Waals surface area contributed by atoms with Crippen LogP contribution >= 0.6 is 23.6 Å². The van der Waals surface area contributed by atoms with Gasteiger partial charge in [-0.2, -0.15) is 5.10 Å². The third-order valence-corrected chi connectivity index (χ3v) is 6.57. The van der Waals surface area contributed by atoms with Crippen LogP contribution in [0.15, 0.2) is 24.3 Å². The molecule has 0 aliphatic carbocycles. The lowest BCUT2D eigenvalue weighted by atomic mass is 10.1. The van der Waals surface area contributed by atoms with Crippen molar-refractivity contribution in [1.29, 1.82) is 0 Å². The summed E-state index contributed by atoms with van der Waals surface area (Å²) < 4.78 is 25.3. The first-order chi connectivity index (χ1) is 16.7. The first-order valence-corrected chi connectivity index (χ1v) is 12.2. The molecule has 0 saturated carbocycles. The van der Waals surface area contributed by atoms with E-state index in [1.807, 2.05) is 13.8 Å². The number of hydrogen-bond acceptors (Lipinski definition) is 7. The average Bonchev–Trinajstić information content (AvgIpc) is 3.26. The SMILES string of the molecule is CCOC(=O)c1sc(NC(=S)Nc2c(C)nn(Cc3ccc(F)cc3)c2C)c(C(=O)OCC)c1C. The van der Waals surface area contributed by atoms with E-state index in [2.05, 4.69) is 15.7 Å². The molecule has 8 nitrogen and oxygen atoms in total. The molecule has 2 aromatic heterocycles. The second kappa shape index (κ2) is 11.4. The van der Waals surface area contributed by atoms with Crippen molar-refractivity contribution in [3.8, 4) is 0 Å². The van der Waals surface area contributed by atoms with E-state index in [0.717, 1.165) is 22.6 Å². The van der Waals surface area contributed by atoms with Gasteiger partial charge in [-0.05, 0) is 70.1 Å². The fourth-order valence-corrected chi connectivity index (χ4v) is 4.85. The van der Waals surface area contributed by atoms with Crippen LogP contribution in [0.3, 0.4) is 0 Å². The smallest absolute Gasteiger partial charge is 0.348 e. The number of thiocarbonyl (C=S) groups is 1. The number of ether oxygens (including phenoxy) is 2. The number of nitrogens with zero attached hydrogens (tertiary/aromatic N) is 2. The van der Waals surface area contributed by atoms with Gasteiger partial charge in [0.25, 0.3) is 0 Å². The molecule has 3 rings (SSSR count). The Morgan fingerprint density at radius 3 is 2.31 bits per heavy atom. The number of aromatic nitrogens is 2. The van der Waals surface area contributed by atoms with Crippen LogP contribution in [0.5, 0.6) is 0 Å². The largest absolute Gasteiger partial charge is 0.462 e. The zero-order valence-electron chi connectivity index (χ0n) is 20.2. The highest BCUT2D eigenvalue weighted by Crippen LogP contribution is 2.34. The Morgan fingerprint density at radius 1 is 1.06 bits per heavy atom. The summed E-state index contributed by atoms with van der Waals surface area (Å²) >= 11 is 6.59. The molecule has 0 atom stereocenters. The first-order valence-electron chi connectivity index (χ1n) is 11.0. The highest BCUT2D eigenvalue weighted by atomic mass is 32.1. The molecule has 186 valence electrons. The predicted octanol–water partition coefficient (Wildman–Crippen LogP) is 5.22. The number of halogens is 1. The van der Waals surface area contributed by atoms with E-state index in [4.69, 9.17) is 21.7 Å². The summed E-state index contributed by atoms with van der Waals surface area (Å²) in [5.74, 6) is -1.36. The molecule has 0 fully saturated rings. The summed E-state index contributed by atoms with van der Waals surface area (Å²) in [6.07, 6.45) is 0. The van der Waals surface area contributed by atoms with Crippen LogP contribution in [0.1, 0.15) is 56.4 Å². The second-order valence-corrected chi connectivity index (χ2v) is 9.04. The number of benzene rings is 1. The van der Waals surface area contributed by atoms with Crippen molar-refractivity contribution < 1.29 is 23.5 Å². The number of carbonyl (C=O) groups is 2. The molecule has 0 aliphatic rings. The molecule has 0 spiro atoms. The van der Waals surface area contributed by atoms with Crippen LogP contribution in [0.4, 0.5) is 15.1 Å². The fourth-order valence-electron chi connectivity index (χ4n) is 3.48. The number of anilines is 2. The highest BCUT2D eigenvalue weighted by molar-refractivity contribution is 7.80. The number of esters is 2. The van der Waals surface area contributed by atoms with Crippen molar-refractivity contribution in [2.24, 2.45) is 0 Å². The first kappa shape index (κ1) is 26.3. The quantitative estimate of drug-likeness (QED) is 0.310. The van der Waals surface area contributed by atoms with E-state index < -0.39 is 11.9 Å². The molecular weight excluding hydrogens is 491 g/mol. The molecule has 0 saturated heterocycles. The van der Waals surface area contributed by atoms with E-state index in [1.54, 1.807) is 37.6 Å². The van der Waals surface area contributed by atoms with Gasteiger partial charge in [0.05, 0.1) is 42.4 Å². The van der Waals surface area contributed by atoms with Crippen molar-refractivity contribution in [1.82, 2.24) is 9.78 Å². The van der Waals surface area contributed by atoms with Gasteiger partial charge in [-0.1, -0.05) is 12.1 Å². The van der Waals surface area contributed by atoms with Crippen LogP contribution in [-0.2, 0) is 16.0 Å². The maximum atomic E-state index is 13.2. The van der Waals surface area contributed by atoms with Gasteiger partial charge in [0, 0.05) is 0 Å². The third-order valence-electron chi connectivity index (χ3n) is 5.18. The summed E-state index contributed by atoms with van der Waals surface area (Å²) in [6.45, 7) is 9.71. The number of carbonyl (C=O) groups excluding carboxylic acids is 2. The predicted molar refractivity (Wildman–Crippen MR) is 138 cm³/mol. The zero-order valence-corrected chi connectivity index (χ0v) is 21.8. The highest BCUT2D eigenvalue weighted by Gasteiger charge is 2.27. The number of aryl methyl sites for hydroxylation is 1. The van der Waals surface area contributed by atoms with Gasteiger partial charge >= 0.3 is 11.9 Å². The monoisotopic (exact) mass is 518 g/mol. The van der Waals surface area contributed by atoms with Crippen molar-refractivity contribution in [3.63, 3.8) is 0 Å². The Kier molecular flexibility index (Phi) is 8.57. The van der Waals surface area contributed by atoms with Crippen molar-refractivity contribution in [3.05, 3.63) is 63.0 Å². The zero-order chi connectivity index (χ0) is 25.7. The van der Waals surface area contributed by atoms with Gasteiger partial charge in [-0.3, -0.25) is 4.68 Å². The maximum Gasteiger partial charge on any atom is 0.348 e. The topological polar surface area (TPSA) is 94.5 Å². The van der Waals surface area contributed by atoms with Gasteiger partial charge in [-0.25, -0.2) is 14.0 Å². The molecule has 11 heteroatoms. The Balaban J connectivity index is 1.83. The number of nitrogens with one attached hydrogen (secondary N) is 2. The molecule has 0 amide bonds. The molecule has 35 heavy (non-hydrogen) atoms. The van der Waals surface area contributed by atoms with E-state index >= 15 is 0 Å². The number of thiophene rings is 1. The molecule has 0 bridgehead atoms. The molecular formula is C24H27FN4O4S2. The van der Waals surface area contributed by atoms with Gasteiger partial charge < -0.3 is 20.1 Å². The Labute approximate surface area is 212 Å². The van der Waals surface area contributed by atoms with E-state index in [0.29, 0.717) is 33.4 Å². The molecule has 0 aliphatic heterocycles. The Hall–Kier alpha value is -3.31. The van der Waals surface area contributed by atoms with E-state index in [1.165, 1.54) is 12.1 Å². The molecule has 3 aromatic rings. The van der Waals surface area contributed by atoms with Gasteiger partial charge in [-0.15, -0.1) is 11.3 Å². The minimum absolute atomic E-state index is 0.191. The van der Waals surface area contributed by atoms with E-state index in [-0.39, 0.29) is 29.7 Å². The fraction of sp³-hybridized carbons (Fsp3) is 0.333. The van der Waals surface area contributed by atoms with E-state index in [9.17, 15) is 14.0 Å². The molecule has 1 aromatic carbocycles. The summed E-state index contributed by atoms with van der Waals surface area (Å²) in [4.78, 5) is 25.3. The van der Waals surface area contributed by atoms with Crippen molar-refractivity contribution in [2.45, 2.75) is 41.2 Å². The number of rotatable bonds is 8. The normalized spacial score (nSPS) is 10.7. The van der Waals surface area contributed by atoms with Crippen LogP contribution in [0.2, 0.25) is 0 Å². The summed E-state index contributed by atoms with van der Waals surface area (Å²) in [6, 6.07) is 6.24. The summed E-state index contributed by atoms with van der Waals surface area (Å²) in [7, 11) is 0. The lowest BCUT2D eigenvalue weighted by Gasteiger charge is -2.12. The van der Waals surface area contributed by atoms with Crippen LogP contribution in [0, 0.1) is 26.6 Å². The van der Waals surface area contributed by atoms with Crippen molar-refractivity contribution >= 4 is 51.3 Å². The van der Waals surface area contributed by atoms with Gasteiger partial charge in [0.1, 0.15) is 15.7 Å². The average molecular weight is 519 g/mol. The summed E-state index contributed by atoms with van der Waals surface area (Å²) in [5.41, 5.74) is 3.87. The number of hydrogen-bond donors (Lipinski definition) is 2. The standard InChI is InChI=1S/C24H27FN4O4S2/c1-6-32-22(30)18-13(3)20(23(31)33-7-2)35-21(18)27-24(34)26-19-14(4)28-29(15(19)5)12-16-8-10-17(25)11-9-16/h8-11H,6-7,12H2,1-5H3,(H2,26,27,34). The van der Waals surface area contributed by atoms with Crippen LogP contribution in [0.25, 0.3) is 0 Å². The van der Waals surface area contributed by atoms with Crippen LogP contribution < -0.4 is 10.6 Å². The lowest BCUT2D eigenvalue weighted by Crippen LogP contribution is -2.21. The second-order valence-electron chi connectivity index (χ2n) is 7.61. The maximum absolute atomic E-state index is 13.2. The molecule has 2 heterocycles. The van der Waals surface area contributed by atoms with Crippen molar-refractivity contribution in [2.75, 3.05) is 23.8 Å². The van der Waals surface area contributed by atoms with Crippen LogP contribution in [-0.4, -0.2) is 40.0 Å². The van der Waals surface area contributed by atoms with Gasteiger partial charge in [0.15, 0.2) is 5.11 Å². The minimum atomic E-state index is -0.554. The van der Waals surface area contributed by atoms with Gasteiger partial charge in [0.2, 0.25) is 0 Å². The molecule has 0 radical (unpaired) electrons. The Bertz CT molecular complexity index is 1250. The molecule has 0 unspecified atom stereocenters. The lowest BCUT2D eigenvalue weighted by molar-refractivity contribution is 0.0527. The molecule has 2 N–H and O–H groups in total. The third kappa shape index (κ3) is 6.04. The minimum Gasteiger partial charge on any atom is -0.462 e. The Morgan fingerprint density at radius 2 is 1.69 bits per heavy atom. The summed E-state index contributed by atoms with van der Waals surface area (Å²) in [5, 5.41) is 11.3.